The summed E-state index contributed by atoms with van der Waals surface area (Å²) < 4.78 is 2.37. The Labute approximate surface area is 199 Å². The van der Waals surface area contributed by atoms with Gasteiger partial charge in [0.1, 0.15) is 0 Å². The van der Waals surface area contributed by atoms with E-state index in [0.717, 1.165) is 0 Å². The smallest absolute Gasteiger partial charge is 0.0541 e. The molecule has 5 aromatic carbocycles. The second kappa shape index (κ2) is 6.95. The van der Waals surface area contributed by atoms with E-state index in [1.807, 2.05) is 0 Å². The molecule has 0 atom stereocenters. The Morgan fingerprint density at radius 3 is 1.76 bits per heavy atom. The van der Waals surface area contributed by atoms with Gasteiger partial charge in [-0.2, -0.15) is 0 Å². The zero-order valence-electron chi connectivity index (χ0n) is 19.4. The van der Waals surface area contributed by atoms with E-state index in [0.29, 0.717) is 0 Å². The summed E-state index contributed by atoms with van der Waals surface area (Å²) in [6.45, 7) is 4.68. The van der Waals surface area contributed by atoms with Crippen molar-refractivity contribution >= 4 is 21.8 Å². The molecule has 0 amide bonds. The number of hydrogen-bond donors (Lipinski definition) is 0. The molecule has 1 heteroatoms. The van der Waals surface area contributed by atoms with Crippen LogP contribution in [0.5, 0.6) is 0 Å². The minimum atomic E-state index is 0.0187. The molecule has 0 bridgehead atoms. The normalized spacial score (nSPS) is 13.8. The minimum absolute atomic E-state index is 0.0187. The minimum Gasteiger partial charge on any atom is -0.309 e. The second-order valence-electron chi connectivity index (χ2n) is 9.85. The van der Waals surface area contributed by atoms with Gasteiger partial charge in [-0.1, -0.05) is 98.8 Å². The van der Waals surface area contributed by atoms with Crippen molar-refractivity contribution in [3.05, 3.63) is 126 Å². The molecule has 0 unspecified atom stereocenters. The molecule has 0 N–H and O–H groups in total. The number of para-hydroxylation sites is 2. The van der Waals surface area contributed by atoms with E-state index < -0.39 is 0 Å². The van der Waals surface area contributed by atoms with Crippen LogP contribution >= 0.6 is 0 Å². The molecule has 6 aromatic rings. The molecule has 0 fully saturated rings. The van der Waals surface area contributed by atoms with Gasteiger partial charge in [0.25, 0.3) is 0 Å². The lowest BCUT2D eigenvalue weighted by Gasteiger charge is -2.22. The van der Waals surface area contributed by atoms with E-state index in [-0.39, 0.29) is 5.41 Å². The van der Waals surface area contributed by atoms with Gasteiger partial charge in [-0.3, -0.25) is 0 Å². The van der Waals surface area contributed by atoms with Crippen molar-refractivity contribution in [1.82, 2.24) is 4.57 Å². The summed E-state index contributed by atoms with van der Waals surface area (Å²) in [6, 6.07) is 42.2. The number of hydrogen-bond acceptors (Lipinski definition) is 0. The third kappa shape index (κ3) is 2.61. The Morgan fingerprint density at radius 1 is 0.500 bits per heavy atom. The summed E-state index contributed by atoms with van der Waals surface area (Å²) in [7, 11) is 0. The molecule has 34 heavy (non-hydrogen) atoms. The Hall–Kier alpha value is -4.10. The molecule has 1 aromatic heterocycles. The van der Waals surface area contributed by atoms with E-state index in [1.54, 1.807) is 0 Å². The Kier molecular flexibility index (Phi) is 3.96. The highest BCUT2D eigenvalue weighted by atomic mass is 15.0. The van der Waals surface area contributed by atoms with Gasteiger partial charge < -0.3 is 4.57 Å². The van der Waals surface area contributed by atoms with E-state index in [4.69, 9.17) is 0 Å². The summed E-state index contributed by atoms with van der Waals surface area (Å²) in [4.78, 5) is 0. The molecule has 1 heterocycles. The van der Waals surface area contributed by atoms with Crippen LogP contribution in [0.25, 0.3) is 49.7 Å². The van der Waals surface area contributed by atoms with Gasteiger partial charge in [0.15, 0.2) is 0 Å². The first-order valence-electron chi connectivity index (χ1n) is 12.0. The summed E-state index contributed by atoms with van der Waals surface area (Å²) in [5, 5.41) is 2.59. The van der Waals surface area contributed by atoms with Crippen LogP contribution < -0.4 is 0 Å². The maximum atomic E-state index is 2.39. The van der Waals surface area contributed by atoms with Gasteiger partial charge in [0, 0.05) is 21.9 Å². The third-order valence-electron chi connectivity index (χ3n) is 7.62. The van der Waals surface area contributed by atoms with Crippen LogP contribution in [0.4, 0.5) is 0 Å². The van der Waals surface area contributed by atoms with Gasteiger partial charge in [0.2, 0.25) is 0 Å². The van der Waals surface area contributed by atoms with Crippen LogP contribution in [-0.2, 0) is 5.41 Å². The molecule has 0 aliphatic heterocycles. The van der Waals surface area contributed by atoms with Gasteiger partial charge in [-0.25, -0.2) is 0 Å². The molecule has 1 nitrogen and oxygen atoms in total. The van der Waals surface area contributed by atoms with Crippen molar-refractivity contribution in [2.45, 2.75) is 19.3 Å². The summed E-state index contributed by atoms with van der Waals surface area (Å²) in [5.41, 5.74) is 11.8. The zero-order valence-corrected chi connectivity index (χ0v) is 19.4. The maximum Gasteiger partial charge on any atom is 0.0541 e. The molecule has 162 valence electrons. The quantitative estimate of drug-likeness (QED) is 0.256. The molecule has 0 saturated heterocycles. The number of benzene rings is 5. The largest absolute Gasteiger partial charge is 0.309 e. The van der Waals surface area contributed by atoms with Crippen LogP contribution in [0.15, 0.2) is 115 Å². The van der Waals surface area contributed by atoms with E-state index >= 15 is 0 Å². The topological polar surface area (TPSA) is 4.93 Å². The van der Waals surface area contributed by atoms with Crippen molar-refractivity contribution in [1.29, 1.82) is 0 Å². The Bertz CT molecular complexity index is 1660. The average molecular weight is 436 g/mol. The van der Waals surface area contributed by atoms with Gasteiger partial charge in [-0.05, 0) is 63.7 Å². The molecule has 0 radical (unpaired) electrons. The molecule has 1 aliphatic carbocycles. The van der Waals surface area contributed by atoms with Crippen molar-refractivity contribution in [2.24, 2.45) is 0 Å². The highest BCUT2D eigenvalue weighted by molar-refractivity contribution is 6.09. The Balaban J connectivity index is 1.34. The number of rotatable bonds is 2. The van der Waals surface area contributed by atoms with Crippen molar-refractivity contribution in [3.8, 4) is 27.9 Å². The SMILES string of the molecule is CC1(C)c2ccccc2-c2ccc(-c3ccc(-n4c5ccccc5c5ccccc54)cc3)cc21. The molecule has 0 spiro atoms. The standard InChI is InChI=1S/C33H25N/c1-33(2)29-12-6-3-9-25(29)26-20-17-23(21-30(26)33)22-15-18-24(19-16-22)34-31-13-7-4-10-27(31)28-11-5-8-14-32(28)34/h3-21H,1-2H3. The number of fused-ring (bicyclic) bond motifs is 6. The maximum absolute atomic E-state index is 2.39. The predicted octanol–water partition coefficient (Wildman–Crippen LogP) is 8.76. The first kappa shape index (κ1) is 19.4. The van der Waals surface area contributed by atoms with Crippen LogP contribution in [-0.4, -0.2) is 4.57 Å². The summed E-state index contributed by atoms with van der Waals surface area (Å²) >= 11 is 0. The molecular formula is C33H25N. The van der Waals surface area contributed by atoms with E-state index in [2.05, 4.69) is 134 Å². The number of nitrogens with zero attached hydrogens (tertiary/aromatic N) is 1. The molecule has 7 rings (SSSR count). The lowest BCUT2D eigenvalue weighted by molar-refractivity contribution is 0.660. The fourth-order valence-corrected chi connectivity index (χ4v) is 5.89. The van der Waals surface area contributed by atoms with Crippen molar-refractivity contribution < 1.29 is 0 Å². The lowest BCUT2D eigenvalue weighted by Crippen LogP contribution is -2.14. The van der Waals surface area contributed by atoms with Crippen LogP contribution in [0.1, 0.15) is 25.0 Å². The fraction of sp³-hybridized carbons (Fsp3) is 0.0909. The average Bonchev–Trinajstić information content (AvgIpc) is 3.34. The highest BCUT2D eigenvalue weighted by Gasteiger charge is 2.35. The van der Waals surface area contributed by atoms with Crippen molar-refractivity contribution in [2.75, 3.05) is 0 Å². The van der Waals surface area contributed by atoms with Crippen LogP contribution in [0.3, 0.4) is 0 Å². The first-order chi connectivity index (χ1) is 16.6. The third-order valence-corrected chi connectivity index (χ3v) is 7.62. The predicted molar refractivity (Wildman–Crippen MR) is 144 cm³/mol. The lowest BCUT2D eigenvalue weighted by atomic mass is 9.81. The number of aromatic nitrogens is 1. The molecule has 0 saturated carbocycles. The van der Waals surface area contributed by atoms with Crippen molar-refractivity contribution in [3.63, 3.8) is 0 Å². The monoisotopic (exact) mass is 435 g/mol. The molecule has 1 aliphatic rings. The first-order valence-corrected chi connectivity index (χ1v) is 12.0. The Morgan fingerprint density at radius 2 is 1.06 bits per heavy atom. The van der Waals surface area contributed by atoms with E-state index in [9.17, 15) is 0 Å². The second-order valence-corrected chi connectivity index (χ2v) is 9.85. The van der Waals surface area contributed by atoms with E-state index in [1.165, 1.54) is 60.9 Å². The van der Waals surface area contributed by atoms with Gasteiger partial charge >= 0.3 is 0 Å². The van der Waals surface area contributed by atoms with Crippen LogP contribution in [0.2, 0.25) is 0 Å². The fourth-order valence-electron chi connectivity index (χ4n) is 5.89. The van der Waals surface area contributed by atoms with Gasteiger partial charge in [0.05, 0.1) is 11.0 Å². The summed E-state index contributed by atoms with van der Waals surface area (Å²) in [6.07, 6.45) is 0. The summed E-state index contributed by atoms with van der Waals surface area (Å²) in [5.74, 6) is 0. The zero-order chi connectivity index (χ0) is 22.9. The molecular weight excluding hydrogens is 410 g/mol. The highest BCUT2D eigenvalue weighted by Crippen LogP contribution is 2.49. The van der Waals surface area contributed by atoms with Gasteiger partial charge in [-0.15, -0.1) is 0 Å². The van der Waals surface area contributed by atoms with Crippen LogP contribution in [0, 0.1) is 0 Å².